The summed E-state index contributed by atoms with van der Waals surface area (Å²) in [7, 11) is 0. The summed E-state index contributed by atoms with van der Waals surface area (Å²) >= 11 is 2.51. The van der Waals surface area contributed by atoms with Crippen LogP contribution in [-0.2, 0) is 4.74 Å². The minimum Gasteiger partial charge on any atom is -0.325 e. The fourth-order valence-corrected chi connectivity index (χ4v) is 3.55. The Morgan fingerprint density at radius 1 is 1.25 bits per heavy atom. The largest absolute Gasteiger partial charge is 0.325 e. The first-order valence-electron chi connectivity index (χ1n) is 4.87. The molecule has 12 heavy (non-hydrogen) atoms. The minimum absolute atomic E-state index is 0.797. The highest BCUT2D eigenvalue weighted by atomic mass is 127. The normalized spacial score (nSPS) is 34.2. The number of nitrogens with zero attached hydrogens (tertiary/aromatic N) is 1. The number of piperidine rings is 1. The van der Waals surface area contributed by atoms with E-state index < -0.39 is 0 Å². The smallest absolute Gasteiger partial charge is 0.183 e. The Kier molecular flexibility index (Phi) is 2.92. The summed E-state index contributed by atoms with van der Waals surface area (Å²) in [6.45, 7) is 4.73. The molecule has 2 saturated heterocycles. The molecule has 0 aromatic rings. The second-order valence-corrected chi connectivity index (χ2v) is 4.92. The van der Waals surface area contributed by atoms with E-state index >= 15 is 0 Å². The van der Waals surface area contributed by atoms with Crippen LogP contribution in [0.1, 0.15) is 19.3 Å². The molecule has 3 heteroatoms. The second kappa shape index (κ2) is 3.80. The third kappa shape index (κ3) is 1.51. The number of hydrogen-bond acceptors (Lipinski definition) is 1. The van der Waals surface area contributed by atoms with Gasteiger partial charge in [-0.2, -0.15) is 0 Å². The maximum absolute atomic E-state index is 5.61. The average molecular weight is 282 g/mol. The van der Waals surface area contributed by atoms with Crippen molar-refractivity contribution >= 4 is 22.6 Å². The number of halogens is 1. The summed E-state index contributed by atoms with van der Waals surface area (Å²) in [5, 5.41) is 0. The maximum atomic E-state index is 5.61. The standard InChI is InChI=1S/C9H17INO/c10-6-9-7-12-8-11(9)4-2-1-3-5-11/h9H,1-8H2/q+1/t9-/m1/s1. The van der Waals surface area contributed by atoms with E-state index in [2.05, 4.69) is 22.6 Å². The van der Waals surface area contributed by atoms with Crippen molar-refractivity contribution < 1.29 is 9.22 Å². The zero-order chi connectivity index (χ0) is 8.44. The van der Waals surface area contributed by atoms with Crippen molar-refractivity contribution in [3.8, 4) is 0 Å². The Balaban J connectivity index is 2.05. The van der Waals surface area contributed by atoms with Gasteiger partial charge in [0.05, 0.1) is 17.5 Å². The molecule has 0 aromatic heterocycles. The van der Waals surface area contributed by atoms with E-state index in [-0.39, 0.29) is 0 Å². The molecule has 0 saturated carbocycles. The lowest BCUT2D eigenvalue weighted by molar-refractivity contribution is -0.947. The molecule has 2 fully saturated rings. The van der Waals surface area contributed by atoms with Crippen LogP contribution >= 0.6 is 22.6 Å². The highest BCUT2D eigenvalue weighted by molar-refractivity contribution is 14.1. The minimum atomic E-state index is 0.797. The van der Waals surface area contributed by atoms with Crippen molar-refractivity contribution in [2.24, 2.45) is 0 Å². The molecule has 70 valence electrons. The van der Waals surface area contributed by atoms with E-state index in [9.17, 15) is 0 Å². The van der Waals surface area contributed by atoms with Crippen LogP contribution in [0.3, 0.4) is 0 Å². The molecular weight excluding hydrogens is 265 g/mol. The maximum Gasteiger partial charge on any atom is 0.183 e. The van der Waals surface area contributed by atoms with Gasteiger partial charge < -0.3 is 4.74 Å². The topological polar surface area (TPSA) is 9.23 Å². The Hall–Kier alpha value is 0.650. The molecule has 0 amide bonds. The number of rotatable bonds is 1. The quantitative estimate of drug-likeness (QED) is 0.405. The van der Waals surface area contributed by atoms with Crippen molar-refractivity contribution in [3.63, 3.8) is 0 Å². The summed E-state index contributed by atoms with van der Waals surface area (Å²) in [6, 6.07) is 0.797. The zero-order valence-corrected chi connectivity index (χ0v) is 9.63. The number of ether oxygens (including phenoxy) is 1. The lowest BCUT2D eigenvalue weighted by Crippen LogP contribution is -2.55. The van der Waals surface area contributed by atoms with Crippen LogP contribution in [0.5, 0.6) is 0 Å². The molecule has 0 radical (unpaired) electrons. The number of hydrogen-bond donors (Lipinski definition) is 0. The van der Waals surface area contributed by atoms with Crippen molar-refractivity contribution in [3.05, 3.63) is 0 Å². The highest BCUT2D eigenvalue weighted by Gasteiger charge is 2.42. The van der Waals surface area contributed by atoms with Crippen LogP contribution in [0.15, 0.2) is 0 Å². The van der Waals surface area contributed by atoms with Gasteiger partial charge in [-0.3, -0.25) is 4.48 Å². The van der Waals surface area contributed by atoms with Crippen LogP contribution in [-0.4, -0.2) is 41.4 Å². The van der Waals surface area contributed by atoms with Gasteiger partial charge in [0.2, 0.25) is 0 Å². The van der Waals surface area contributed by atoms with E-state index in [0.717, 1.165) is 19.4 Å². The highest BCUT2D eigenvalue weighted by Crippen LogP contribution is 2.28. The first kappa shape index (κ1) is 9.21. The summed E-state index contributed by atoms with van der Waals surface area (Å²) in [6.07, 6.45) is 4.26. The summed E-state index contributed by atoms with van der Waals surface area (Å²) in [5.74, 6) is 0. The second-order valence-electron chi connectivity index (χ2n) is 4.03. The lowest BCUT2D eigenvalue weighted by Gasteiger charge is -2.40. The van der Waals surface area contributed by atoms with Gasteiger partial charge in [-0.05, 0) is 19.3 Å². The lowest BCUT2D eigenvalue weighted by atomic mass is 10.1. The fraction of sp³-hybridized carbons (Fsp3) is 1.00. The third-order valence-corrected chi connectivity index (χ3v) is 4.33. The average Bonchev–Trinajstić information content (AvgIpc) is 2.49. The Morgan fingerprint density at radius 2 is 2.00 bits per heavy atom. The Bertz CT molecular complexity index is 157. The van der Waals surface area contributed by atoms with Crippen LogP contribution in [0.25, 0.3) is 0 Å². The summed E-state index contributed by atoms with van der Waals surface area (Å²) in [4.78, 5) is 0. The van der Waals surface area contributed by atoms with Gasteiger partial charge in [0, 0.05) is 0 Å². The number of alkyl halides is 1. The monoisotopic (exact) mass is 282 g/mol. The Labute approximate surface area is 88.0 Å². The molecule has 2 aliphatic heterocycles. The van der Waals surface area contributed by atoms with E-state index in [0.29, 0.717) is 0 Å². The molecule has 2 nitrogen and oxygen atoms in total. The van der Waals surface area contributed by atoms with Gasteiger partial charge in [-0.1, -0.05) is 22.6 Å². The van der Waals surface area contributed by atoms with E-state index in [1.807, 2.05) is 0 Å². The molecule has 2 heterocycles. The van der Waals surface area contributed by atoms with Gasteiger partial charge in [-0.15, -0.1) is 0 Å². The van der Waals surface area contributed by atoms with Gasteiger partial charge in [-0.25, -0.2) is 0 Å². The Morgan fingerprint density at radius 3 is 2.67 bits per heavy atom. The molecule has 1 spiro atoms. The molecular formula is C9H17INO+. The molecule has 0 aromatic carbocycles. The van der Waals surface area contributed by atoms with Crippen molar-refractivity contribution in [1.82, 2.24) is 0 Å². The summed E-state index contributed by atoms with van der Waals surface area (Å²) in [5.41, 5.74) is 0. The summed E-state index contributed by atoms with van der Waals surface area (Å²) < 4.78 is 8.15. The molecule has 2 aliphatic rings. The van der Waals surface area contributed by atoms with Gasteiger partial charge in [0.25, 0.3) is 0 Å². The molecule has 0 bridgehead atoms. The van der Waals surface area contributed by atoms with Gasteiger partial charge >= 0.3 is 0 Å². The van der Waals surface area contributed by atoms with Crippen LogP contribution in [0.4, 0.5) is 0 Å². The van der Waals surface area contributed by atoms with E-state index in [1.165, 1.54) is 41.3 Å². The van der Waals surface area contributed by atoms with Crippen LogP contribution < -0.4 is 0 Å². The first-order valence-corrected chi connectivity index (χ1v) is 6.39. The first-order chi connectivity index (χ1) is 5.87. The van der Waals surface area contributed by atoms with Crippen molar-refractivity contribution in [2.45, 2.75) is 25.3 Å². The predicted octanol–water partition coefficient (Wildman–Crippen LogP) is 1.78. The van der Waals surface area contributed by atoms with Crippen molar-refractivity contribution in [2.75, 3.05) is 30.9 Å². The molecule has 1 atom stereocenters. The van der Waals surface area contributed by atoms with Crippen LogP contribution in [0.2, 0.25) is 0 Å². The van der Waals surface area contributed by atoms with Crippen LogP contribution in [0, 0.1) is 0 Å². The fourth-order valence-electron chi connectivity index (χ4n) is 2.46. The van der Waals surface area contributed by atoms with E-state index in [4.69, 9.17) is 4.74 Å². The van der Waals surface area contributed by atoms with Crippen molar-refractivity contribution in [1.29, 1.82) is 0 Å². The van der Waals surface area contributed by atoms with E-state index in [1.54, 1.807) is 0 Å². The number of quaternary nitrogens is 1. The molecule has 0 N–H and O–H groups in total. The zero-order valence-electron chi connectivity index (χ0n) is 7.47. The molecule has 0 unspecified atom stereocenters. The molecule has 0 aliphatic carbocycles. The molecule has 2 rings (SSSR count). The SMILES string of the molecule is IC[C@@H]1COC[N+]12CCCCC2. The third-order valence-electron chi connectivity index (χ3n) is 3.32. The van der Waals surface area contributed by atoms with Gasteiger partial charge in [0.15, 0.2) is 6.73 Å². The van der Waals surface area contributed by atoms with Gasteiger partial charge in [0.1, 0.15) is 12.6 Å². The predicted molar refractivity (Wildman–Crippen MR) is 57.3 cm³/mol.